The van der Waals surface area contributed by atoms with Gasteiger partial charge in [-0.2, -0.15) is 0 Å². The molecule has 0 bridgehead atoms. The lowest BCUT2D eigenvalue weighted by atomic mass is 10.1. The van der Waals surface area contributed by atoms with Crippen LogP contribution in [-0.2, 0) is 11.2 Å². The molecule has 0 aliphatic carbocycles. The zero-order valence-electron chi connectivity index (χ0n) is 11.2. The average molecular weight is 274 g/mol. The molecule has 0 atom stereocenters. The first kappa shape index (κ1) is 12.9. The number of amidine groups is 1. The van der Waals surface area contributed by atoms with Crippen LogP contribution in [0.5, 0.6) is 0 Å². The Morgan fingerprint density at radius 1 is 1.40 bits per heavy atom. The fraction of sp³-hybridized carbons (Fsp3) is 0.429. The van der Waals surface area contributed by atoms with Crippen LogP contribution in [-0.4, -0.2) is 33.8 Å². The minimum absolute atomic E-state index is 0.175. The zero-order chi connectivity index (χ0) is 13.9. The van der Waals surface area contributed by atoms with Crippen molar-refractivity contribution >= 4 is 16.9 Å². The molecule has 3 rings (SSSR count). The van der Waals surface area contributed by atoms with Crippen LogP contribution in [0.15, 0.2) is 29.4 Å². The van der Waals surface area contributed by atoms with Gasteiger partial charge in [0.15, 0.2) is 0 Å². The van der Waals surface area contributed by atoms with E-state index in [0.29, 0.717) is 12.5 Å². The van der Waals surface area contributed by atoms with Gasteiger partial charge in [0.25, 0.3) is 0 Å². The summed E-state index contributed by atoms with van der Waals surface area (Å²) in [5.41, 5.74) is 7.69. The summed E-state index contributed by atoms with van der Waals surface area (Å²) in [6, 6.07) is 8.39. The molecule has 1 saturated heterocycles. The molecule has 1 aliphatic rings. The van der Waals surface area contributed by atoms with Gasteiger partial charge in [-0.25, -0.2) is 4.98 Å². The van der Waals surface area contributed by atoms with E-state index in [1.807, 2.05) is 18.2 Å². The standard InChI is InChI=1S/C14H18N4O2/c15-13(17-19)9-14-16-11-3-1-2-4-12(11)18(14)10-5-7-20-8-6-10/h1-4,10,19H,5-9H2,(H2,15,17). The van der Waals surface area contributed by atoms with E-state index in [1.165, 1.54) is 0 Å². The van der Waals surface area contributed by atoms with Gasteiger partial charge in [-0.3, -0.25) is 0 Å². The number of aromatic nitrogens is 2. The van der Waals surface area contributed by atoms with E-state index < -0.39 is 0 Å². The van der Waals surface area contributed by atoms with Crippen LogP contribution < -0.4 is 5.73 Å². The first-order chi connectivity index (χ1) is 9.79. The van der Waals surface area contributed by atoms with E-state index >= 15 is 0 Å². The topological polar surface area (TPSA) is 85.7 Å². The fourth-order valence-corrected chi connectivity index (χ4v) is 2.77. The second kappa shape index (κ2) is 5.50. The van der Waals surface area contributed by atoms with Crippen molar-refractivity contribution in [2.24, 2.45) is 10.9 Å². The van der Waals surface area contributed by atoms with Gasteiger partial charge in [-0.05, 0) is 25.0 Å². The summed E-state index contributed by atoms with van der Waals surface area (Å²) in [6.45, 7) is 1.53. The number of ether oxygens (including phenoxy) is 1. The Kier molecular flexibility index (Phi) is 3.56. The quantitative estimate of drug-likeness (QED) is 0.386. The minimum atomic E-state index is 0.175. The highest BCUT2D eigenvalue weighted by molar-refractivity contribution is 5.83. The molecule has 2 aromatic rings. The van der Waals surface area contributed by atoms with Crippen LogP contribution >= 0.6 is 0 Å². The maximum atomic E-state index is 8.78. The molecule has 0 spiro atoms. The van der Waals surface area contributed by atoms with Crippen molar-refractivity contribution in [2.45, 2.75) is 25.3 Å². The first-order valence-corrected chi connectivity index (χ1v) is 6.79. The van der Waals surface area contributed by atoms with Gasteiger partial charge in [0.05, 0.1) is 17.5 Å². The van der Waals surface area contributed by atoms with Crippen LogP contribution in [0.2, 0.25) is 0 Å². The fourth-order valence-electron chi connectivity index (χ4n) is 2.77. The summed E-state index contributed by atoms with van der Waals surface area (Å²) in [5, 5.41) is 11.8. The Morgan fingerprint density at radius 3 is 2.90 bits per heavy atom. The van der Waals surface area contributed by atoms with E-state index in [4.69, 9.17) is 15.7 Å². The molecule has 1 fully saturated rings. The van der Waals surface area contributed by atoms with E-state index in [0.717, 1.165) is 42.9 Å². The molecule has 2 heterocycles. The summed E-state index contributed by atoms with van der Waals surface area (Å²) < 4.78 is 7.65. The largest absolute Gasteiger partial charge is 0.409 e. The van der Waals surface area contributed by atoms with Crippen LogP contribution in [0.4, 0.5) is 0 Å². The van der Waals surface area contributed by atoms with Gasteiger partial charge >= 0.3 is 0 Å². The summed E-state index contributed by atoms with van der Waals surface area (Å²) in [6.07, 6.45) is 2.27. The molecule has 1 aromatic carbocycles. The molecule has 6 heteroatoms. The molecule has 0 unspecified atom stereocenters. The lowest BCUT2D eigenvalue weighted by molar-refractivity contribution is 0.0700. The van der Waals surface area contributed by atoms with E-state index in [9.17, 15) is 0 Å². The summed E-state index contributed by atoms with van der Waals surface area (Å²) >= 11 is 0. The van der Waals surface area contributed by atoms with Crippen molar-refractivity contribution in [3.8, 4) is 0 Å². The van der Waals surface area contributed by atoms with Crippen molar-refractivity contribution in [3.05, 3.63) is 30.1 Å². The van der Waals surface area contributed by atoms with Crippen LogP contribution in [0.25, 0.3) is 11.0 Å². The normalized spacial score (nSPS) is 17.7. The van der Waals surface area contributed by atoms with Gasteiger partial charge in [0.1, 0.15) is 11.7 Å². The van der Waals surface area contributed by atoms with Crippen molar-refractivity contribution in [1.82, 2.24) is 9.55 Å². The molecule has 0 saturated carbocycles. The highest BCUT2D eigenvalue weighted by Crippen LogP contribution is 2.28. The minimum Gasteiger partial charge on any atom is -0.409 e. The average Bonchev–Trinajstić information content (AvgIpc) is 2.85. The van der Waals surface area contributed by atoms with Crippen molar-refractivity contribution < 1.29 is 9.94 Å². The molecular weight excluding hydrogens is 256 g/mol. The van der Waals surface area contributed by atoms with Crippen molar-refractivity contribution in [2.75, 3.05) is 13.2 Å². The number of hydrogen-bond donors (Lipinski definition) is 2. The zero-order valence-corrected chi connectivity index (χ0v) is 11.2. The molecular formula is C14H18N4O2. The number of oxime groups is 1. The molecule has 1 aliphatic heterocycles. The van der Waals surface area contributed by atoms with E-state index in [1.54, 1.807) is 0 Å². The Balaban J connectivity index is 2.07. The summed E-state index contributed by atoms with van der Waals surface area (Å²) in [5.74, 6) is 1.02. The van der Waals surface area contributed by atoms with E-state index in [2.05, 4.69) is 20.8 Å². The number of imidazole rings is 1. The lowest BCUT2D eigenvalue weighted by Crippen LogP contribution is -2.24. The third kappa shape index (κ3) is 2.34. The van der Waals surface area contributed by atoms with Crippen LogP contribution in [0.1, 0.15) is 24.7 Å². The van der Waals surface area contributed by atoms with Gasteiger partial charge in [-0.15, -0.1) is 0 Å². The number of hydrogen-bond acceptors (Lipinski definition) is 4. The van der Waals surface area contributed by atoms with Gasteiger partial charge in [-0.1, -0.05) is 17.3 Å². The lowest BCUT2D eigenvalue weighted by Gasteiger charge is -2.25. The predicted molar refractivity (Wildman–Crippen MR) is 75.9 cm³/mol. The Hall–Kier alpha value is -2.08. The number of nitrogens with two attached hydrogens (primary N) is 1. The number of benzene rings is 1. The van der Waals surface area contributed by atoms with Crippen molar-refractivity contribution in [1.29, 1.82) is 0 Å². The van der Waals surface area contributed by atoms with E-state index in [-0.39, 0.29) is 5.84 Å². The second-order valence-electron chi connectivity index (χ2n) is 5.00. The maximum Gasteiger partial charge on any atom is 0.146 e. The third-order valence-corrected chi connectivity index (χ3v) is 3.69. The number of rotatable bonds is 3. The van der Waals surface area contributed by atoms with Gasteiger partial charge in [0.2, 0.25) is 0 Å². The number of fused-ring (bicyclic) bond motifs is 1. The Morgan fingerprint density at radius 2 is 2.15 bits per heavy atom. The van der Waals surface area contributed by atoms with Crippen LogP contribution in [0.3, 0.4) is 0 Å². The molecule has 20 heavy (non-hydrogen) atoms. The smallest absolute Gasteiger partial charge is 0.146 e. The highest BCUT2D eigenvalue weighted by Gasteiger charge is 2.22. The monoisotopic (exact) mass is 274 g/mol. The first-order valence-electron chi connectivity index (χ1n) is 6.79. The number of para-hydroxylation sites is 2. The predicted octanol–water partition coefficient (Wildman–Crippen LogP) is 1.68. The summed E-state index contributed by atoms with van der Waals surface area (Å²) in [7, 11) is 0. The Labute approximate surface area is 116 Å². The van der Waals surface area contributed by atoms with Crippen molar-refractivity contribution in [3.63, 3.8) is 0 Å². The van der Waals surface area contributed by atoms with Gasteiger partial charge < -0.3 is 20.2 Å². The number of nitrogens with zero attached hydrogens (tertiary/aromatic N) is 3. The molecule has 1 aromatic heterocycles. The molecule has 3 N–H and O–H groups in total. The van der Waals surface area contributed by atoms with Crippen LogP contribution in [0, 0.1) is 0 Å². The SMILES string of the molecule is NC(Cc1nc2ccccc2n1C1CCOCC1)=NO. The summed E-state index contributed by atoms with van der Waals surface area (Å²) in [4.78, 5) is 4.63. The molecule has 0 radical (unpaired) electrons. The second-order valence-corrected chi connectivity index (χ2v) is 5.00. The molecule has 0 amide bonds. The molecule has 106 valence electrons. The maximum absolute atomic E-state index is 8.78. The third-order valence-electron chi connectivity index (χ3n) is 3.69. The Bertz CT molecular complexity index is 629. The molecule has 6 nitrogen and oxygen atoms in total. The highest BCUT2D eigenvalue weighted by atomic mass is 16.5. The van der Waals surface area contributed by atoms with Gasteiger partial charge in [0, 0.05) is 19.3 Å².